The maximum absolute atomic E-state index is 12.3. The SMILES string of the molecule is CC(=O)c1cccc(NC(=O)CSc2nnc(COc3cc(C)cc(C)c3)n2C)c1. The lowest BCUT2D eigenvalue weighted by Gasteiger charge is -2.08. The van der Waals surface area contributed by atoms with E-state index in [0.717, 1.165) is 16.9 Å². The predicted octanol–water partition coefficient (Wildman–Crippen LogP) is 3.94. The van der Waals surface area contributed by atoms with Gasteiger partial charge in [0.15, 0.2) is 16.8 Å². The minimum Gasteiger partial charge on any atom is -0.486 e. The van der Waals surface area contributed by atoms with Gasteiger partial charge in [-0.1, -0.05) is 30.0 Å². The summed E-state index contributed by atoms with van der Waals surface area (Å²) < 4.78 is 7.66. The van der Waals surface area contributed by atoms with Crippen molar-refractivity contribution >= 4 is 29.1 Å². The molecule has 1 heterocycles. The monoisotopic (exact) mass is 424 g/mol. The summed E-state index contributed by atoms with van der Waals surface area (Å²) in [5, 5.41) is 11.7. The molecule has 0 aliphatic rings. The van der Waals surface area contributed by atoms with Crippen molar-refractivity contribution in [2.75, 3.05) is 11.1 Å². The largest absolute Gasteiger partial charge is 0.486 e. The second kappa shape index (κ2) is 9.58. The van der Waals surface area contributed by atoms with Crippen molar-refractivity contribution in [1.29, 1.82) is 0 Å². The van der Waals surface area contributed by atoms with Crippen LogP contribution in [-0.2, 0) is 18.4 Å². The maximum Gasteiger partial charge on any atom is 0.234 e. The number of aromatic nitrogens is 3. The lowest BCUT2D eigenvalue weighted by atomic mass is 10.1. The van der Waals surface area contributed by atoms with Crippen molar-refractivity contribution in [2.24, 2.45) is 7.05 Å². The average Bonchev–Trinajstić information content (AvgIpc) is 3.04. The maximum atomic E-state index is 12.3. The first-order valence-corrected chi connectivity index (χ1v) is 10.4. The van der Waals surface area contributed by atoms with Gasteiger partial charge in [0.25, 0.3) is 0 Å². The van der Waals surface area contributed by atoms with E-state index >= 15 is 0 Å². The molecule has 7 nitrogen and oxygen atoms in total. The van der Waals surface area contributed by atoms with E-state index in [9.17, 15) is 9.59 Å². The molecule has 0 aliphatic carbocycles. The average molecular weight is 425 g/mol. The number of aryl methyl sites for hydroxylation is 2. The van der Waals surface area contributed by atoms with E-state index in [1.54, 1.807) is 24.3 Å². The Morgan fingerprint density at radius 3 is 2.53 bits per heavy atom. The second-order valence-electron chi connectivity index (χ2n) is 7.04. The molecular weight excluding hydrogens is 400 g/mol. The van der Waals surface area contributed by atoms with E-state index in [0.29, 0.717) is 22.2 Å². The van der Waals surface area contributed by atoms with Crippen molar-refractivity contribution in [3.05, 3.63) is 65.0 Å². The number of hydrogen-bond donors (Lipinski definition) is 1. The number of ketones is 1. The van der Waals surface area contributed by atoms with Crippen LogP contribution in [0.3, 0.4) is 0 Å². The van der Waals surface area contributed by atoms with Gasteiger partial charge in [-0.05, 0) is 56.2 Å². The normalized spacial score (nSPS) is 10.7. The number of ether oxygens (including phenoxy) is 1. The molecule has 0 aliphatic heterocycles. The highest BCUT2D eigenvalue weighted by molar-refractivity contribution is 7.99. The van der Waals surface area contributed by atoms with E-state index in [1.165, 1.54) is 18.7 Å². The van der Waals surface area contributed by atoms with Crippen molar-refractivity contribution < 1.29 is 14.3 Å². The molecule has 0 unspecified atom stereocenters. The van der Waals surface area contributed by atoms with Crippen molar-refractivity contribution in [2.45, 2.75) is 32.5 Å². The molecule has 2 aromatic carbocycles. The van der Waals surface area contributed by atoms with Gasteiger partial charge in [-0.25, -0.2) is 0 Å². The molecule has 0 spiro atoms. The highest BCUT2D eigenvalue weighted by atomic mass is 32.2. The molecule has 30 heavy (non-hydrogen) atoms. The van der Waals surface area contributed by atoms with Crippen LogP contribution in [0.15, 0.2) is 47.6 Å². The summed E-state index contributed by atoms with van der Waals surface area (Å²) in [5.74, 6) is 1.41. The van der Waals surface area contributed by atoms with Gasteiger partial charge in [0.2, 0.25) is 5.91 Å². The molecule has 0 bridgehead atoms. The number of anilines is 1. The first kappa shape index (κ1) is 21.6. The van der Waals surface area contributed by atoms with Gasteiger partial charge in [-0.3, -0.25) is 9.59 Å². The summed E-state index contributed by atoms with van der Waals surface area (Å²) >= 11 is 1.29. The molecule has 3 rings (SSSR count). The van der Waals surface area contributed by atoms with Crippen LogP contribution in [0.2, 0.25) is 0 Å². The zero-order valence-corrected chi connectivity index (χ0v) is 18.2. The number of carbonyl (C=O) groups is 2. The van der Waals surface area contributed by atoms with Gasteiger partial charge in [0.05, 0.1) is 5.75 Å². The molecule has 8 heteroatoms. The standard InChI is InChI=1S/C22H24N4O3S/c1-14-8-15(2)10-19(9-14)29-12-20-24-25-22(26(20)4)30-13-21(28)23-18-7-5-6-17(11-18)16(3)27/h5-11H,12-13H2,1-4H3,(H,23,28). The Balaban J connectivity index is 1.55. The van der Waals surface area contributed by atoms with Crippen LogP contribution in [0, 0.1) is 13.8 Å². The summed E-state index contributed by atoms with van der Waals surface area (Å²) in [6, 6.07) is 12.9. The van der Waals surface area contributed by atoms with Crippen LogP contribution in [0.1, 0.15) is 34.2 Å². The molecule has 156 valence electrons. The number of thioether (sulfide) groups is 1. The molecule has 1 aromatic heterocycles. The molecule has 0 fully saturated rings. The minimum absolute atomic E-state index is 0.0462. The third kappa shape index (κ3) is 5.70. The number of rotatable bonds is 8. The third-order valence-corrected chi connectivity index (χ3v) is 5.39. The number of amides is 1. The number of hydrogen-bond acceptors (Lipinski definition) is 6. The molecular formula is C22H24N4O3S. The molecule has 0 atom stereocenters. The van der Waals surface area contributed by atoms with Gasteiger partial charge in [0.1, 0.15) is 12.4 Å². The van der Waals surface area contributed by atoms with Crippen LogP contribution < -0.4 is 10.1 Å². The topological polar surface area (TPSA) is 86.1 Å². The van der Waals surface area contributed by atoms with E-state index < -0.39 is 0 Å². The van der Waals surface area contributed by atoms with E-state index in [4.69, 9.17) is 4.74 Å². The molecule has 0 saturated carbocycles. The number of Topliss-reactive ketones (excluding diaryl/α,β-unsaturated/α-hetero) is 1. The Morgan fingerprint density at radius 1 is 1.10 bits per heavy atom. The van der Waals surface area contributed by atoms with Gasteiger partial charge in [0, 0.05) is 18.3 Å². The van der Waals surface area contributed by atoms with Crippen molar-refractivity contribution in [3.8, 4) is 5.75 Å². The number of nitrogens with zero attached hydrogens (tertiary/aromatic N) is 3. The summed E-state index contributed by atoms with van der Waals surface area (Å²) in [4.78, 5) is 23.7. The van der Waals surface area contributed by atoms with Crippen LogP contribution in [0.5, 0.6) is 5.75 Å². The fourth-order valence-corrected chi connectivity index (χ4v) is 3.63. The third-order valence-electron chi connectivity index (χ3n) is 4.37. The zero-order chi connectivity index (χ0) is 21.7. The van der Waals surface area contributed by atoms with E-state index in [1.807, 2.05) is 37.6 Å². The van der Waals surface area contributed by atoms with Crippen molar-refractivity contribution in [1.82, 2.24) is 14.8 Å². The quantitative estimate of drug-likeness (QED) is 0.435. The summed E-state index contributed by atoms with van der Waals surface area (Å²) in [6.45, 7) is 5.83. The number of nitrogens with one attached hydrogen (secondary N) is 1. The minimum atomic E-state index is -0.184. The summed E-state index contributed by atoms with van der Waals surface area (Å²) in [5.41, 5.74) is 3.43. The van der Waals surface area contributed by atoms with Gasteiger partial charge >= 0.3 is 0 Å². The van der Waals surface area contributed by atoms with E-state index in [-0.39, 0.29) is 24.1 Å². The lowest BCUT2D eigenvalue weighted by Crippen LogP contribution is -2.15. The molecule has 0 saturated heterocycles. The van der Waals surface area contributed by atoms with Crippen LogP contribution in [0.25, 0.3) is 0 Å². The number of benzene rings is 2. The summed E-state index contributed by atoms with van der Waals surface area (Å²) in [6.07, 6.45) is 0. The van der Waals surface area contributed by atoms with Crippen LogP contribution in [-0.4, -0.2) is 32.2 Å². The Hall–Kier alpha value is -3.13. The highest BCUT2D eigenvalue weighted by Crippen LogP contribution is 2.20. The molecule has 1 amide bonds. The first-order chi connectivity index (χ1) is 14.3. The summed E-state index contributed by atoms with van der Waals surface area (Å²) in [7, 11) is 1.84. The van der Waals surface area contributed by atoms with Crippen LogP contribution in [0.4, 0.5) is 5.69 Å². The smallest absolute Gasteiger partial charge is 0.234 e. The van der Waals surface area contributed by atoms with Crippen molar-refractivity contribution in [3.63, 3.8) is 0 Å². The van der Waals surface area contributed by atoms with E-state index in [2.05, 4.69) is 21.6 Å². The lowest BCUT2D eigenvalue weighted by molar-refractivity contribution is -0.113. The van der Waals surface area contributed by atoms with Crippen LogP contribution >= 0.6 is 11.8 Å². The first-order valence-electron chi connectivity index (χ1n) is 9.45. The highest BCUT2D eigenvalue weighted by Gasteiger charge is 2.13. The second-order valence-corrected chi connectivity index (χ2v) is 7.99. The predicted molar refractivity (Wildman–Crippen MR) is 117 cm³/mol. The van der Waals surface area contributed by atoms with Gasteiger partial charge < -0.3 is 14.6 Å². The Morgan fingerprint density at radius 2 is 1.83 bits per heavy atom. The fraction of sp³-hybridized carbons (Fsp3) is 0.273. The molecule has 0 radical (unpaired) electrons. The Bertz CT molecular complexity index is 1060. The molecule has 1 N–H and O–H groups in total. The Labute approximate surface area is 179 Å². The Kier molecular flexibility index (Phi) is 6.89. The molecule has 3 aromatic rings. The fourth-order valence-electron chi connectivity index (χ4n) is 2.90. The number of carbonyl (C=O) groups excluding carboxylic acids is 2. The van der Waals surface area contributed by atoms with Gasteiger partial charge in [-0.15, -0.1) is 10.2 Å². The van der Waals surface area contributed by atoms with Gasteiger partial charge in [-0.2, -0.15) is 0 Å². The zero-order valence-electron chi connectivity index (χ0n) is 17.4.